The lowest BCUT2D eigenvalue weighted by Gasteiger charge is -1.74. The molecule has 0 aromatic heterocycles. The Labute approximate surface area is 52.9 Å². The molecule has 32 valence electrons. The van der Waals surface area contributed by atoms with Crippen LogP contribution in [0.2, 0.25) is 0 Å². The van der Waals surface area contributed by atoms with Crippen LogP contribution >= 0.6 is 0 Å². The zero-order valence-electron chi connectivity index (χ0n) is 3.32. The summed E-state index contributed by atoms with van der Waals surface area (Å²) in [6, 6.07) is 0. The molecule has 2 nitrogen and oxygen atoms in total. The molecule has 0 aromatic carbocycles. The Balaban J connectivity index is 3.32. The van der Waals surface area contributed by atoms with Crippen LogP contribution in [0.3, 0.4) is 0 Å². The molecule has 0 saturated heterocycles. The summed E-state index contributed by atoms with van der Waals surface area (Å²) < 4.78 is 20.3. The van der Waals surface area contributed by atoms with Gasteiger partial charge in [-0.2, -0.15) is 0 Å². The largest absolute Gasteiger partial charge is 0.398 e. The summed E-state index contributed by atoms with van der Waals surface area (Å²) in [5, 5.41) is 0. The van der Waals surface area contributed by atoms with Gasteiger partial charge in [0.05, 0.1) is 19.5 Å². The Morgan fingerprint density at radius 3 is 1.43 bits per heavy atom. The fourth-order valence-corrected chi connectivity index (χ4v) is 12.3. The molecule has 0 rings (SSSR count). The minimum Gasteiger partial charge on any atom is -0.398 e. The van der Waals surface area contributed by atoms with Gasteiger partial charge in [0.2, 0.25) is 15.4 Å². The molecule has 7 heavy (non-hydrogen) atoms. The molecule has 0 atom stereocenters. The number of hydrogen-bond acceptors (Lipinski definition) is 2. The minimum absolute atomic E-state index is 0.0648. The second-order valence-electron chi connectivity index (χ2n) is 0.783. The van der Waals surface area contributed by atoms with Gasteiger partial charge in [-0.15, -0.1) is 0 Å². The van der Waals surface area contributed by atoms with Gasteiger partial charge in [0.15, 0.2) is 8.55 Å². The van der Waals surface area contributed by atoms with Crippen molar-refractivity contribution in [3.8, 4) is 0 Å². The topological polar surface area (TPSA) is 34.1 Å². The van der Waals surface area contributed by atoms with Crippen LogP contribution in [0, 0.1) is 0 Å². The van der Waals surface area contributed by atoms with Crippen LogP contribution in [-0.2, 0) is 8.92 Å². The Bertz CT molecular complexity index is 82.3. The molecule has 0 aromatic rings. The maximum Gasteiger partial charge on any atom is 0.228 e. The van der Waals surface area contributed by atoms with Crippen molar-refractivity contribution in [3.63, 3.8) is 0 Å². The predicted octanol–water partition coefficient (Wildman–Crippen LogP) is -2.14. The Hall–Kier alpha value is 0.684. The average Bonchev–Trinajstić information content (AvgIpc) is 1.27. The highest BCUT2D eigenvalue weighted by Crippen LogP contribution is 1.51. The standard InChI is InChI=1S/O2Si5/c1-6(3)5-7(2)4. The molecule has 7 heteroatoms. The molecule has 0 aliphatic heterocycles. The summed E-state index contributed by atoms with van der Waals surface area (Å²) in [6.07, 6.45) is 0. The Kier molecular flexibility index (Phi) is 4.02. The van der Waals surface area contributed by atoms with Gasteiger partial charge in [-0.05, 0) is 0 Å². The van der Waals surface area contributed by atoms with Crippen molar-refractivity contribution in [2.24, 2.45) is 0 Å². The summed E-state index contributed by atoms with van der Waals surface area (Å²) in [5.41, 5.74) is 0. The molecule has 8 radical (unpaired) electrons. The molecule has 0 bridgehead atoms. The van der Waals surface area contributed by atoms with Crippen LogP contribution in [0.15, 0.2) is 0 Å². The van der Waals surface area contributed by atoms with Crippen molar-refractivity contribution in [3.05, 3.63) is 0 Å². The molecule has 0 N–H and O–H groups in total. The highest BCUT2D eigenvalue weighted by atomic mass is 29.8. The first-order chi connectivity index (χ1) is 3.13. The zero-order valence-corrected chi connectivity index (χ0v) is 8.32. The first-order valence-corrected chi connectivity index (χ1v) is 10.2. The van der Waals surface area contributed by atoms with Gasteiger partial charge in [0.25, 0.3) is 0 Å². The SMILES string of the molecule is O=[Si]([Si])[Si][Si](=O)[Si]. The molecule has 0 fully saturated rings. The maximum absolute atomic E-state index is 10.2. The Morgan fingerprint density at radius 1 is 1.14 bits per heavy atom. The van der Waals surface area contributed by atoms with Crippen molar-refractivity contribution in [1.82, 2.24) is 0 Å². The number of hydrogen-bond donors (Lipinski definition) is 0. The van der Waals surface area contributed by atoms with E-state index in [0.717, 1.165) is 0 Å². The van der Waals surface area contributed by atoms with Gasteiger partial charge >= 0.3 is 0 Å². The van der Waals surface area contributed by atoms with Crippen LogP contribution in [0.25, 0.3) is 0 Å². The van der Waals surface area contributed by atoms with Crippen LogP contribution in [-0.4, -0.2) is 43.5 Å². The highest BCUT2D eigenvalue weighted by molar-refractivity contribution is 7.53. The monoisotopic (exact) mass is 172 g/mol. The fourth-order valence-electron chi connectivity index (χ4n) is 0.103. The Morgan fingerprint density at radius 2 is 1.43 bits per heavy atom. The quantitative estimate of drug-likeness (QED) is 0.446. The van der Waals surface area contributed by atoms with Crippen molar-refractivity contribution >= 4 is 43.5 Å². The molecule has 0 aliphatic carbocycles. The molecule has 0 unspecified atom stereocenters. The van der Waals surface area contributed by atoms with Gasteiger partial charge < -0.3 is 8.92 Å². The summed E-state index contributed by atoms with van der Waals surface area (Å²) in [5.74, 6) is 0. The normalized spacial score (nSPS) is 8.29. The van der Waals surface area contributed by atoms with E-state index >= 15 is 0 Å². The zero-order chi connectivity index (χ0) is 5.86. The van der Waals surface area contributed by atoms with E-state index < -0.39 is 15.4 Å². The lowest BCUT2D eigenvalue weighted by molar-refractivity contribution is 0.579. The summed E-state index contributed by atoms with van der Waals surface area (Å²) >= 11 is 0. The lowest BCUT2D eigenvalue weighted by atomic mass is 16.0. The first kappa shape index (κ1) is 7.68. The van der Waals surface area contributed by atoms with E-state index in [1.165, 1.54) is 0 Å². The third kappa shape index (κ3) is 6.68. The third-order valence-corrected chi connectivity index (χ3v) is 12.9. The molecule has 0 spiro atoms. The average molecular weight is 172 g/mol. The van der Waals surface area contributed by atoms with Crippen molar-refractivity contribution in [2.45, 2.75) is 0 Å². The van der Waals surface area contributed by atoms with Gasteiger partial charge in [0, 0.05) is 0 Å². The lowest BCUT2D eigenvalue weighted by Crippen LogP contribution is -2.23. The van der Waals surface area contributed by atoms with E-state index in [1.807, 2.05) is 0 Å². The summed E-state index contributed by atoms with van der Waals surface area (Å²) in [4.78, 5) is 0. The van der Waals surface area contributed by atoms with Gasteiger partial charge in [-0.25, -0.2) is 0 Å². The highest BCUT2D eigenvalue weighted by Gasteiger charge is 2.03. The fraction of sp³-hybridized carbons (Fsp3) is 0. The summed E-state index contributed by atoms with van der Waals surface area (Å²) in [6.45, 7) is 0. The van der Waals surface area contributed by atoms with Crippen LogP contribution in [0.1, 0.15) is 0 Å². The minimum atomic E-state index is -1.67. The van der Waals surface area contributed by atoms with Crippen molar-refractivity contribution in [2.75, 3.05) is 0 Å². The van der Waals surface area contributed by atoms with E-state index in [9.17, 15) is 8.92 Å². The maximum atomic E-state index is 10.2. The van der Waals surface area contributed by atoms with E-state index in [4.69, 9.17) is 0 Å². The molecular weight excluding hydrogens is 172 g/mol. The first-order valence-electron chi connectivity index (χ1n) is 1.41. The molecule has 0 heterocycles. The molecule has 0 saturated carbocycles. The second kappa shape index (κ2) is 3.66. The van der Waals surface area contributed by atoms with Crippen LogP contribution in [0.5, 0.6) is 0 Å². The van der Waals surface area contributed by atoms with E-state index in [2.05, 4.69) is 19.5 Å². The second-order valence-corrected chi connectivity index (χ2v) is 13.8. The molecular formula is O2Si5. The number of rotatable bonds is 2. The van der Waals surface area contributed by atoms with Crippen LogP contribution in [0.4, 0.5) is 0 Å². The predicted molar refractivity (Wildman–Crippen MR) is 30.1 cm³/mol. The van der Waals surface area contributed by atoms with Gasteiger partial charge in [0.1, 0.15) is 0 Å². The van der Waals surface area contributed by atoms with Crippen LogP contribution < -0.4 is 0 Å². The molecule has 0 aliphatic rings. The van der Waals surface area contributed by atoms with E-state index in [1.54, 1.807) is 0 Å². The van der Waals surface area contributed by atoms with Gasteiger partial charge in [-0.3, -0.25) is 0 Å². The van der Waals surface area contributed by atoms with Crippen molar-refractivity contribution < 1.29 is 8.92 Å². The van der Waals surface area contributed by atoms with Crippen molar-refractivity contribution in [1.29, 1.82) is 0 Å². The summed E-state index contributed by atoms with van der Waals surface area (Å²) in [7, 11) is 2.48. The van der Waals surface area contributed by atoms with E-state index in [-0.39, 0.29) is 8.55 Å². The van der Waals surface area contributed by atoms with Gasteiger partial charge in [-0.1, -0.05) is 0 Å². The molecule has 0 amide bonds. The third-order valence-electron chi connectivity index (χ3n) is 0.227. The van der Waals surface area contributed by atoms with E-state index in [0.29, 0.717) is 0 Å². The smallest absolute Gasteiger partial charge is 0.228 e.